The summed E-state index contributed by atoms with van der Waals surface area (Å²) in [6, 6.07) is 8.17. The summed E-state index contributed by atoms with van der Waals surface area (Å²) >= 11 is 1.59. The fraction of sp³-hybridized carbons (Fsp3) is 0.579. The number of hydrogen-bond donors (Lipinski definition) is 2. The van der Waals surface area contributed by atoms with Crippen molar-refractivity contribution in [3.8, 4) is 0 Å². The summed E-state index contributed by atoms with van der Waals surface area (Å²) in [5.41, 5.74) is 2.45. The van der Waals surface area contributed by atoms with Crippen molar-refractivity contribution < 1.29 is 14.3 Å². The van der Waals surface area contributed by atoms with Crippen molar-refractivity contribution in [3.63, 3.8) is 0 Å². The number of carbonyl (C=O) groups excluding carboxylic acids is 2. The number of rotatable bonds is 10. The second-order valence-corrected chi connectivity index (χ2v) is 7.46. The Morgan fingerprint density at radius 2 is 2.04 bits per heavy atom. The summed E-state index contributed by atoms with van der Waals surface area (Å²) in [4.78, 5) is 23.6. The molecule has 25 heavy (non-hydrogen) atoms. The minimum absolute atomic E-state index is 0.0166. The highest BCUT2D eigenvalue weighted by Crippen LogP contribution is 2.13. The highest BCUT2D eigenvalue weighted by molar-refractivity contribution is 7.99. The number of carbonyl (C=O) groups is 2. The normalized spacial score (nSPS) is 11.9. The molecule has 1 unspecified atom stereocenters. The van der Waals surface area contributed by atoms with Gasteiger partial charge in [0.25, 0.3) is 0 Å². The summed E-state index contributed by atoms with van der Waals surface area (Å²) in [6.45, 7) is 8.75. The first-order chi connectivity index (χ1) is 11.9. The smallest absolute Gasteiger partial charge is 0.407 e. The number of alkyl carbamates (subject to hydrolysis) is 1. The highest BCUT2D eigenvalue weighted by atomic mass is 32.2. The van der Waals surface area contributed by atoms with Crippen LogP contribution in [0.25, 0.3) is 0 Å². The fourth-order valence-corrected chi connectivity index (χ4v) is 3.26. The fourth-order valence-electron chi connectivity index (χ4n) is 2.45. The van der Waals surface area contributed by atoms with Crippen LogP contribution in [0, 0.1) is 12.8 Å². The van der Waals surface area contributed by atoms with Crippen LogP contribution < -0.4 is 10.6 Å². The maximum absolute atomic E-state index is 12.0. The molecule has 1 aromatic rings. The number of aryl methyl sites for hydroxylation is 1. The minimum Gasteiger partial charge on any atom is -0.450 e. The van der Waals surface area contributed by atoms with Gasteiger partial charge in [-0.15, -0.1) is 11.8 Å². The van der Waals surface area contributed by atoms with E-state index < -0.39 is 6.09 Å². The Morgan fingerprint density at radius 3 is 2.68 bits per heavy atom. The third kappa shape index (κ3) is 10.0. The molecule has 5 nitrogen and oxygen atoms in total. The molecule has 0 saturated carbocycles. The zero-order valence-corrected chi connectivity index (χ0v) is 16.4. The van der Waals surface area contributed by atoms with Gasteiger partial charge in [0, 0.05) is 18.3 Å². The molecule has 0 aliphatic carbocycles. The van der Waals surface area contributed by atoms with Crippen LogP contribution in [0.3, 0.4) is 0 Å². The lowest BCUT2D eigenvalue weighted by atomic mass is 10.0. The van der Waals surface area contributed by atoms with Gasteiger partial charge in [-0.1, -0.05) is 43.7 Å². The second kappa shape index (κ2) is 11.8. The van der Waals surface area contributed by atoms with E-state index in [2.05, 4.69) is 49.6 Å². The number of hydrogen-bond acceptors (Lipinski definition) is 4. The molecule has 1 aromatic carbocycles. The van der Waals surface area contributed by atoms with Crippen molar-refractivity contribution >= 4 is 23.8 Å². The Hall–Kier alpha value is -1.69. The van der Waals surface area contributed by atoms with E-state index in [0.717, 1.165) is 12.2 Å². The molecule has 0 saturated heterocycles. The number of benzene rings is 1. The molecule has 0 aliphatic rings. The van der Waals surface area contributed by atoms with Gasteiger partial charge in [0.15, 0.2) is 0 Å². The highest BCUT2D eigenvalue weighted by Gasteiger charge is 2.15. The van der Waals surface area contributed by atoms with Gasteiger partial charge in [-0.05, 0) is 31.7 Å². The van der Waals surface area contributed by atoms with Crippen molar-refractivity contribution in [2.45, 2.75) is 45.9 Å². The number of nitrogens with one attached hydrogen (secondary N) is 2. The SMILES string of the molecule is CCOC(=O)NC(CNC(=O)CSCc1cccc(C)c1)CC(C)C. The maximum atomic E-state index is 12.0. The number of ether oxygens (including phenoxy) is 1. The van der Waals surface area contributed by atoms with Crippen molar-refractivity contribution in [2.24, 2.45) is 5.92 Å². The monoisotopic (exact) mass is 366 g/mol. The first-order valence-corrected chi connectivity index (χ1v) is 9.89. The lowest BCUT2D eigenvalue weighted by molar-refractivity contribution is -0.118. The van der Waals surface area contributed by atoms with Crippen LogP contribution in [-0.4, -0.2) is 36.9 Å². The first kappa shape index (κ1) is 21.4. The molecule has 1 rings (SSSR count). The van der Waals surface area contributed by atoms with Gasteiger partial charge >= 0.3 is 6.09 Å². The summed E-state index contributed by atoms with van der Waals surface area (Å²) in [5.74, 6) is 1.62. The van der Waals surface area contributed by atoms with Crippen LogP contribution in [0.15, 0.2) is 24.3 Å². The molecule has 2 amide bonds. The van der Waals surface area contributed by atoms with Gasteiger partial charge in [-0.25, -0.2) is 4.79 Å². The average Bonchev–Trinajstić information content (AvgIpc) is 2.52. The van der Waals surface area contributed by atoms with Gasteiger partial charge in [0.2, 0.25) is 5.91 Å². The summed E-state index contributed by atoms with van der Waals surface area (Å²) in [5, 5.41) is 5.71. The standard InChI is InChI=1S/C19H30N2O3S/c1-5-24-19(23)21-17(9-14(2)3)11-20-18(22)13-25-12-16-8-6-7-15(4)10-16/h6-8,10,14,17H,5,9,11-13H2,1-4H3,(H,20,22)(H,21,23). The molecule has 6 heteroatoms. The second-order valence-electron chi connectivity index (χ2n) is 6.48. The van der Waals surface area contributed by atoms with E-state index >= 15 is 0 Å². The molecule has 0 heterocycles. The molecule has 2 N–H and O–H groups in total. The Balaban J connectivity index is 2.33. The van der Waals surface area contributed by atoms with E-state index in [1.165, 1.54) is 11.1 Å². The topological polar surface area (TPSA) is 67.4 Å². The molecule has 0 fully saturated rings. The van der Waals surface area contributed by atoms with Gasteiger partial charge in [-0.2, -0.15) is 0 Å². The molecule has 0 aliphatic heterocycles. The van der Waals surface area contributed by atoms with E-state index in [-0.39, 0.29) is 11.9 Å². The summed E-state index contributed by atoms with van der Waals surface area (Å²) in [7, 11) is 0. The van der Waals surface area contributed by atoms with Crippen molar-refractivity contribution in [1.82, 2.24) is 10.6 Å². The van der Waals surface area contributed by atoms with Gasteiger partial charge in [0.1, 0.15) is 0 Å². The lowest BCUT2D eigenvalue weighted by Crippen LogP contribution is -2.45. The van der Waals surface area contributed by atoms with E-state index in [4.69, 9.17) is 4.74 Å². The molecule has 0 radical (unpaired) electrons. The van der Waals surface area contributed by atoms with Crippen LogP contribution in [0.4, 0.5) is 4.79 Å². The predicted octanol–water partition coefficient (Wildman–Crippen LogP) is 3.51. The zero-order valence-electron chi connectivity index (χ0n) is 15.6. The van der Waals surface area contributed by atoms with Crippen molar-refractivity contribution in [2.75, 3.05) is 18.9 Å². The van der Waals surface area contributed by atoms with E-state index in [9.17, 15) is 9.59 Å². The Morgan fingerprint density at radius 1 is 1.28 bits per heavy atom. The largest absolute Gasteiger partial charge is 0.450 e. The van der Waals surface area contributed by atoms with Crippen LogP contribution in [0.5, 0.6) is 0 Å². The predicted molar refractivity (Wildman–Crippen MR) is 104 cm³/mol. The zero-order chi connectivity index (χ0) is 18.7. The maximum Gasteiger partial charge on any atom is 0.407 e. The van der Waals surface area contributed by atoms with Crippen LogP contribution in [0.2, 0.25) is 0 Å². The Labute approximate surface area is 155 Å². The molecule has 140 valence electrons. The lowest BCUT2D eigenvalue weighted by Gasteiger charge is -2.20. The quantitative estimate of drug-likeness (QED) is 0.665. The van der Waals surface area contributed by atoms with Gasteiger partial charge < -0.3 is 15.4 Å². The molecule has 1 atom stereocenters. The van der Waals surface area contributed by atoms with Crippen molar-refractivity contribution in [3.05, 3.63) is 35.4 Å². The Kier molecular flexibility index (Phi) is 10.1. The first-order valence-electron chi connectivity index (χ1n) is 8.74. The number of amides is 2. The van der Waals surface area contributed by atoms with Crippen LogP contribution >= 0.6 is 11.8 Å². The summed E-state index contributed by atoms with van der Waals surface area (Å²) < 4.78 is 4.92. The van der Waals surface area contributed by atoms with E-state index in [1.54, 1.807) is 18.7 Å². The van der Waals surface area contributed by atoms with Gasteiger partial charge in [0.05, 0.1) is 12.4 Å². The molecule has 0 aromatic heterocycles. The van der Waals surface area contributed by atoms with Crippen LogP contribution in [-0.2, 0) is 15.3 Å². The minimum atomic E-state index is -0.434. The third-order valence-corrected chi connectivity index (χ3v) is 4.49. The third-order valence-electron chi connectivity index (χ3n) is 3.48. The number of thioether (sulfide) groups is 1. The molecular weight excluding hydrogens is 336 g/mol. The molecular formula is C19H30N2O3S. The van der Waals surface area contributed by atoms with Crippen LogP contribution in [0.1, 0.15) is 38.3 Å². The summed E-state index contributed by atoms with van der Waals surface area (Å²) in [6.07, 6.45) is 0.353. The Bertz CT molecular complexity index is 549. The molecule has 0 spiro atoms. The molecule has 0 bridgehead atoms. The van der Waals surface area contributed by atoms with E-state index in [1.807, 2.05) is 6.07 Å². The average molecular weight is 367 g/mol. The van der Waals surface area contributed by atoms with Gasteiger partial charge in [-0.3, -0.25) is 4.79 Å². The van der Waals surface area contributed by atoms with E-state index in [0.29, 0.717) is 24.8 Å². The van der Waals surface area contributed by atoms with Crippen molar-refractivity contribution in [1.29, 1.82) is 0 Å².